The monoisotopic (exact) mass is 520 g/mol. The SMILES string of the molecule is COc1nc(N2CC3CC2CO3)cc(-n2ncc3cc(C)c(C4CCN(C5CCOC5)CC(O)C4)cc32)n1. The number of likely N-dealkylation sites (tertiary alicyclic amines) is 1. The van der Waals surface area contributed by atoms with Crippen molar-refractivity contribution in [2.45, 2.75) is 62.8 Å². The smallest absolute Gasteiger partial charge is 0.320 e. The molecule has 7 rings (SSSR count). The molecule has 10 nitrogen and oxygen atoms in total. The minimum absolute atomic E-state index is 0.271. The molecule has 6 heterocycles. The van der Waals surface area contributed by atoms with Crippen molar-refractivity contribution in [3.05, 3.63) is 35.5 Å². The van der Waals surface area contributed by atoms with E-state index in [-0.39, 0.29) is 18.1 Å². The number of anilines is 1. The van der Waals surface area contributed by atoms with Gasteiger partial charge in [0.25, 0.3) is 0 Å². The zero-order chi connectivity index (χ0) is 25.8. The normalized spacial score (nSPS) is 29.9. The molecule has 4 aliphatic heterocycles. The zero-order valence-electron chi connectivity index (χ0n) is 22.1. The number of methoxy groups -OCH3 is 1. The Morgan fingerprint density at radius 3 is 2.68 bits per heavy atom. The summed E-state index contributed by atoms with van der Waals surface area (Å²) in [7, 11) is 1.60. The van der Waals surface area contributed by atoms with Crippen molar-refractivity contribution in [1.82, 2.24) is 24.6 Å². The lowest BCUT2D eigenvalue weighted by Gasteiger charge is -2.28. The Kier molecular flexibility index (Phi) is 6.23. The Balaban J connectivity index is 1.22. The van der Waals surface area contributed by atoms with E-state index >= 15 is 0 Å². The van der Waals surface area contributed by atoms with Crippen molar-refractivity contribution in [1.29, 1.82) is 0 Å². The van der Waals surface area contributed by atoms with E-state index in [2.05, 4.69) is 38.8 Å². The van der Waals surface area contributed by atoms with Crippen molar-refractivity contribution < 1.29 is 19.3 Å². The molecule has 5 atom stereocenters. The molecule has 0 amide bonds. The topological polar surface area (TPSA) is 98.0 Å². The molecule has 4 aliphatic rings. The van der Waals surface area contributed by atoms with E-state index < -0.39 is 0 Å². The second-order valence-electron chi connectivity index (χ2n) is 11.3. The van der Waals surface area contributed by atoms with E-state index in [1.807, 2.05) is 16.9 Å². The third-order valence-electron chi connectivity index (χ3n) is 8.86. The quantitative estimate of drug-likeness (QED) is 0.544. The Morgan fingerprint density at radius 2 is 1.92 bits per heavy atom. The van der Waals surface area contributed by atoms with E-state index in [1.54, 1.807) is 7.11 Å². The summed E-state index contributed by atoms with van der Waals surface area (Å²) in [6.45, 7) is 7.03. The van der Waals surface area contributed by atoms with Crippen LogP contribution in [-0.4, -0.2) is 101 Å². The number of morpholine rings is 1. The first-order chi connectivity index (χ1) is 18.6. The van der Waals surface area contributed by atoms with E-state index in [0.717, 1.165) is 81.9 Å². The summed E-state index contributed by atoms with van der Waals surface area (Å²) < 4.78 is 18.8. The van der Waals surface area contributed by atoms with Gasteiger partial charge >= 0.3 is 6.01 Å². The van der Waals surface area contributed by atoms with Crippen molar-refractivity contribution >= 4 is 16.7 Å². The molecular weight excluding hydrogens is 484 g/mol. The number of β-amino-alcohol motifs (C(OH)–C–C–N with tert-alkyl or cyclic N) is 1. The molecule has 2 aromatic heterocycles. The fraction of sp³-hybridized carbons (Fsp3) is 0.607. The highest BCUT2D eigenvalue weighted by Crippen LogP contribution is 2.36. The van der Waals surface area contributed by atoms with Gasteiger partial charge in [-0.1, -0.05) is 0 Å². The molecule has 1 N–H and O–H groups in total. The van der Waals surface area contributed by atoms with Crippen LogP contribution >= 0.6 is 0 Å². The summed E-state index contributed by atoms with van der Waals surface area (Å²) in [6.07, 6.45) is 5.68. The maximum Gasteiger partial charge on any atom is 0.320 e. The highest BCUT2D eigenvalue weighted by Gasteiger charge is 2.40. The largest absolute Gasteiger partial charge is 0.467 e. The molecule has 2 bridgehead atoms. The lowest BCUT2D eigenvalue weighted by Crippen LogP contribution is -2.39. The number of aromatic nitrogens is 4. The summed E-state index contributed by atoms with van der Waals surface area (Å²) in [6, 6.07) is 7.57. The maximum absolute atomic E-state index is 10.9. The van der Waals surface area contributed by atoms with Crippen LogP contribution in [0.4, 0.5) is 5.82 Å². The van der Waals surface area contributed by atoms with Crippen molar-refractivity contribution in [2.75, 3.05) is 51.5 Å². The highest BCUT2D eigenvalue weighted by molar-refractivity contribution is 5.82. The first-order valence-corrected chi connectivity index (χ1v) is 13.9. The van der Waals surface area contributed by atoms with Crippen LogP contribution in [0.3, 0.4) is 0 Å². The first kappa shape index (κ1) is 24.3. The van der Waals surface area contributed by atoms with Crippen LogP contribution in [0.1, 0.15) is 42.7 Å². The van der Waals surface area contributed by atoms with Gasteiger partial charge in [-0.3, -0.25) is 4.90 Å². The molecule has 4 fully saturated rings. The summed E-state index contributed by atoms with van der Waals surface area (Å²) in [5.74, 6) is 1.82. The van der Waals surface area contributed by atoms with E-state index in [9.17, 15) is 5.11 Å². The van der Waals surface area contributed by atoms with Crippen LogP contribution < -0.4 is 9.64 Å². The lowest BCUT2D eigenvalue weighted by molar-refractivity contribution is 0.0874. The van der Waals surface area contributed by atoms with Gasteiger partial charge in [-0.25, -0.2) is 4.68 Å². The molecule has 0 saturated carbocycles. The van der Waals surface area contributed by atoms with E-state index in [4.69, 9.17) is 19.3 Å². The Labute approximate surface area is 222 Å². The number of nitrogens with zero attached hydrogens (tertiary/aromatic N) is 6. The summed E-state index contributed by atoms with van der Waals surface area (Å²) in [4.78, 5) is 14.1. The fourth-order valence-corrected chi connectivity index (χ4v) is 6.88. The van der Waals surface area contributed by atoms with Crippen LogP contribution in [0.25, 0.3) is 16.7 Å². The van der Waals surface area contributed by atoms with Crippen molar-refractivity contribution in [2.24, 2.45) is 0 Å². The Hall–Kier alpha value is -2.79. The predicted molar refractivity (Wildman–Crippen MR) is 142 cm³/mol. The number of fused-ring (bicyclic) bond motifs is 3. The maximum atomic E-state index is 10.9. The molecule has 5 unspecified atom stereocenters. The summed E-state index contributed by atoms with van der Waals surface area (Å²) in [5.41, 5.74) is 3.52. The minimum atomic E-state index is -0.350. The summed E-state index contributed by atoms with van der Waals surface area (Å²) in [5, 5.41) is 16.7. The molecule has 4 saturated heterocycles. The second kappa shape index (κ2) is 9.75. The number of aliphatic hydroxyl groups is 1. The van der Waals surface area contributed by atoms with Crippen LogP contribution in [0, 0.1) is 6.92 Å². The molecule has 0 spiro atoms. The van der Waals surface area contributed by atoms with Gasteiger partial charge in [0.05, 0.1) is 50.3 Å². The minimum Gasteiger partial charge on any atom is -0.467 e. The standard InChI is InChI=1S/C28H36N6O4/c1-17-7-19-12-29-34(27-11-26(30-28(31-27)36-2)33-14-23-9-21(33)16-38-23)25(19)10-24(17)18-3-5-32(13-22(35)8-18)20-4-6-37-15-20/h7,10-12,18,20-23,35H,3-6,8-9,13-16H2,1-2H3. The Bertz CT molecular complexity index is 1320. The van der Waals surface area contributed by atoms with Crippen molar-refractivity contribution in [3.63, 3.8) is 0 Å². The van der Waals surface area contributed by atoms with Gasteiger partial charge in [-0.05, 0) is 68.3 Å². The number of hydrogen-bond donors (Lipinski definition) is 1. The second-order valence-corrected chi connectivity index (χ2v) is 11.3. The highest BCUT2D eigenvalue weighted by atomic mass is 16.5. The predicted octanol–water partition coefficient (Wildman–Crippen LogP) is 2.44. The van der Waals surface area contributed by atoms with Crippen LogP contribution in [0.5, 0.6) is 6.01 Å². The van der Waals surface area contributed by atoms with Crippen LogP contribution in [0.2, 0.25) is 0 Å². The number of aliphatic hydroxyl groups excluding tert-OH is 1. The van der Waals surface area contributed by atoms with Crippen molar-refractivity contribution in [3.8, 4) is 11.8 Å². The summed E-state index contributed by atoms with van der Waals surface area (Å²) >= 11 is 0. The van der Waals surface area contributed by atoms with E-state index in [0.29, 0.717) is 23.9 Å². The van der Waals surface area contributed by atoms with Crippen LogP contribution in [0.15, 0.2) is 24.4 Å². The number of benzene rings is 1. The van der Waals surface area contributed by atoms with Gasteiger partial charge in [0.15, 0.2) is 5.82 Å². The van der Waals surface area contributed by atoms with Gasteiger partial charge < -0.3 is 24.2 Å². The average molecular weight is 521 g/mol. The lowest BCUT2D eigenvalue weighted by atomic mass is 9.87. The molecule has 0 radical (unpaired) electrons. The van der Waals surface area contributed by atoms with Gasteiger partial charge in [-0.15, -0.1) is 0 Å². The van der Waals surface area contributed by atoms with E-state index in [1.165, 1.54) is 11.1 Å². The van der Waals surface area contributed by atoms with Gasteiger partial charge in [0, 0.05) is 37.2 Å². The number of ether oxygens (including phenoxy) is 3. The molecular formula is C28H36N6O4. The third-order valence-corrected chi connectivity index (χ3v) is 8.86. The van der Waals surface area contributed by atoms with Crippen LogP contribution in [-0.2, 0) is 9.47 Å². The molecule has 38 heavy (non-hydrogen) atoms. The molecule has 3 aromatic rings. The molecule has 0 aliphatic carbocycles. The number of rotatable bonds is 5. The molecule has 10 heteroatoms. The average Bonchev–Trinajstić information content (AvgIpc) is 3.73. The third kappa shape index (κ3) is 4.33. The molecule has 202 valence electrons. The van der Waals surface area contributed by atoms with Gasteiger partial charge in [0.2, 0.25) is 0 Å². The number of hydrogen-bond acceptors (Lipinski definition) is 9. The first-order valence-electron chi connectivity index (χ1n) is 13.9. The zero-order valence-corrected chi connectivity index (χ0v) is 22.1. The fourth-order valence-electron chi connectivity index (χ4n) is 6.88. The van der Waals surface area contributed by atoms with Gasteiger partial charge in [0.1, 0.15) is 5.82 Å². The Morgan fingerprint density at radius 1 is 1.03 bits per heavy atom. The molecule has 1 aromatic carbocycles. The van der Waals surface area contributed by atoms with Gasteiger partial charge in [-0.2, -0.15) is 15.1 Å². The number of aryl methyl sites for hydroxylation is 1.